The third-order valence-corrected chi connectivity index (χ3v) is 3.83. The number of nitrogens with one attached hydrogen (secondary N) is 1. The summed E-state index contributed by atoms with van der Waals surface area (Å²) in [5.41, 5.74) is 3.72. The molecule has 0 radical (unpaired) electrons. The van der Waals surface area contributed by atoms with Gasteiger partial charge in [0.15, 0.2) is 0 Å². The molecule has 2 aromatic rings. The molecule has 1 aliphatic rings. The summed E-state index contributed by atoms with van der Waals surface area (Å²) in [5, 5.41) is 3.40. The molecule has 4 nitrogen and oxygen atoms in total. The van der Waals surface area contributed by atoms with Crippen LogP contribution in [0.3, 0.4) is 0 Å². The van der Waals surface area contributed by atoms with E-state index in [-0.39, 0.29) is 0 Å². The first kappa shape index (κ1) is 14.1. The Bertz CT molecular complexity index is 614. The second-order valence-corrected chi connectivity index (χ2v) is 5.71. The van der Waals surface area contributed by atoms with E-state index in [4.69, 9.17) is 9.72 Å². The maximum Gasteiger partial charge on any atom is 0.119 e. The average Bonchev–Trinajstić information content (AvgIpc) is 2.88. The highest BCUT2D eigenvalue weighted by Crippen LogP contribution is 2.27. The lowest BCUT2D eigenvalue weighted by molar-refractivity contribution is 0.340. The van der Waals surface area contributed by atoms with Gasteiger partial charge in [0.05, 0.1) is 12.3 Å². The van der Waals surface area contributed by atoms with Gasteiger partial charge >= 0.3 is 0 Å². The number of benzene rings is 1. The number of fused-ring (bicyclic) bond motifs is 1. The van der Waals surface area contributed by atoms with Crippen molar-refractivity contribution in [1.82, 2.24) is 14.9 Å². The first-order chi connectivity index (χ1) is 10.2. The number of nitrogens with zero attached hydrogens (tertiary/aromatic N) is 2. The third-order valence-electron chi connectivity index (χ3n) is 3.83. The van der Waals surface area contributed by atoms with Crippen LogP contribution in [0, 0.1) is 0 Å². The van der Waals surface area contributed by atoms with Gasteiger partial charge < -0.3 is 14.6 Å². The van der Waals surface area contributed by atoms with Crippen LogP contribution in [0.5, 0.6) is 5.75 Å². The number of hydrogen-bond acceptors (Lipinski definition) is 3. The molecule has 4 heteroatoms. The molecule has 1 aromatic carbocycles. The van der Waals surface area contributed by atoms with Gasteiger partial charge in [-0.2, -0.15) is 0 Å². The van der Waals surface area contributed by atoms with E-state index < -0.39 is 0 Å². The summed E-state index contributed by atoms with van der Waals surface area (Å²) in [5.74, 6) is 2.47. The highest BCUT2D eigenvalue weighted by Gasteiger charge is 2.22. The van der Waals surface area contributed by atoms with Crippen LogP contribution in [0.2, 0.25) is 0 Å². The zero-order valence-corrected chi connectivity index (χ0v) is 13.0. The summed E-state index contributed by atoms with van der Waals surface area (Å²) in [6.45, 7) is 9.00. The lowest BCUT2D eigenvalue weighted by atomic mass is 10.1. The molecule has 1 N–H and O–H groups in total. The van der Waals surface area contributed by atoms with E-state index in [9.17, 15) is 0 Å². The monoisotopic (exact) mass is 285 g/mol. The minimum absolute atomic E-state index is 0.405. The smallest absolute Gasteiger partial charge is 0.119 e. The summed E-state index contributed by atoms with van der Waals surface area (Å²) in [6.07, 6.45) is 1.03. The first-order valence-electron chi connectivity index (χ1n) is 7.75. The number of hydrogen-bond donors (Lipinski definition) is 1. The summed E-state index contributed by atoms with van der Waals surface area (Å²) >= 11 is 0. The van der Waals surface area contributed by atoms with Gasteiger partial charge in [0, 0.05) is 36.8 Å². The largest absolute Gasteiger partial charge is 0.494 e. The molecule has 0 bridgehead atoms. The van der Waals surface area contributed by atoms with Gasteiger partial charge in [-0.3, -0.25) is 0 Å². The normalized spacial score (nSPS) is 14.3. The Balaban J connectivity index is 2.05. The van der Waals surface area contributed by atoms with Crippen LogP contribution < -0.4 is 10.1 Å². The van der Waals surface area contributed by atoms with Crippen molar-refractivity contribution in [3.8, 4) is 11.4 Å². The van der Waals surface area contributed by atoms with E-state index in [1.807, 2.05) is 19.1 Å². The van der Waals surface area contributed by atoms with Crippen LogP contribution in [0.4, 0.5) is 0 Å². The molecule has 0 amide bonds. The Hall–Kier alpha value is -1.81. The zero-order chi connectivity index (χ0) is 14.8. The van der Waals surface area contributed by atoms with Crippen molar-refractivity contribution < 1.29 is 4.74 Å². The highest BCUT2D eigenvalue weighted by molar-refractivity contribution is 5.42. The fourth-order valence-corrected chi connectivity index (χ4v) is 2.86. The Kier molecular flexibility index (Phi) is 3.97. The number of aromatic nitrogens is 2. The fourth-order valence-electron chi connectivity index (χ4n) is 2.86. The lowest BCUT2D eigenvalue weighted by Crippen LogP contribution is -2.24. The molecule has 0 unspecified atom stereocenters. The van der Waals surface area contributed by atoms with E-state index in [1.54, 1.807) is 0 Å². The molecule has 21 heavy (non-hydrogen) atoms. The topological polar surface area (TPSA) is 39.1 Å². The van der Waals surface area contributed by atoms with Crippen LogP contribution in [0.1, 0.15) is 43.9 Å². The molecule has 1 aliphatic heterocycles. The SMILES string of the molecule is CCOc1ccc(-n2c(C(C)C)nc3c2CCNC3)cc1. The Morgan fingerprint density at radius 3 is 2.71 bits per heavy atom. The Morgan fingerprint density at radius 2 is 2.05 bits per heavy atom. The molecule has 3 rings (SSSR count). The second-order valence-electron chi connectivity index (χ2n) is 5.71. The van der Waals surface area contributed by atoms with Crippen molar-refractivity contribution in [2.45, 2.75) is 39.7 Å². The molecule has 2 heterocycles. The van der Waals surface area contributed by atoms with Crippen molar-refractivity contribution in [3.63, 3.8) is 0 Å². The van der Waals surface area contributed by atoms with Gasteiger partial charge in [0.25, 0.3) is 0 Å². The second kappa shape index (κ2) is 5.90. The number of rotatable bonds is 4. The molecule has 0 atom stereocenters. The molecule has 0 fully saturated rings. The molecular weight excluding hydrogens is 262 g/mol. The molecule has 0 aliphatic carbocycles. The van der Waals surface area contributed by atoms with Crippen LogP contribution in [0.15, 0.2) is 24.3 Å². The van der Waals surface area contributed by atoms with Gasteiger partial charge in [-0.1, -0.05) is 13.8 Å². The predicted molar refractivity (Wildman–Crippen MR) is 84.2 cm³/mol. The first-order valence-corrected chi connectivity index (χ1v) is 7.75. The van der Waals surface area contributed by atoms with Crippen molar-refractivity contribution in [2.75, 3.05) is 13.2 Å². The molecule has 0 saturated heterocycles. The molecular formula is C17H23N3O. The van der Waals surface area contributed by atoms with Crippen LogP contribution in [0.25, 0.3) is 5.69 Å². The van der Waals surface area contributed by atoms with Gasteiger partial charge in [0.1, 0.15) is 11.6 Å². The van der Waals surface area contributed by atoms with Crippen LogP contribution >= 0.6 is 0 Å². The highest BCUT2D eigenvalue weighted by atomic mass is 16.5. The zero-order valence-electron chi connectivity index (χ0n) is 13.0. The molecule has 1 aromatic heterocycles. The van der Waals surface area contributed by atoms with Crippen LogP contribution in [-0.4, -0.2) is 22.7 Å². The summed E-state index contributed by atoms with van der Waals surface area (Å²) in [4.78, 5) is 4.85. The Labute approximate surface area is 126 Å². The summed E-state index contributed by atoms with van der Waals surface area (Å²) in [6, 6.07) is 8.33. The van der Waals surface area contributed by atoms with Crippen molar-refractivity contribution in [1.29, 1.82) is 0 Å². The third kappa shape index (κ3) is 2.68. The lowest BCUT2D eigenvalue weighted by Gasteiger charge is -2.17. The van der Waals surface area contributed by atoms with Crippen molar-refractivity contribution >= 4 is 0 Å². The van der Waals surface area contributed by atoms with E-state index in [1.165, 1.54) is 17.1 Å². The van der Waals surface area contributed by atoms with Gasteiger partial charge in [-0.15, -0.1) is 0 Å². The molecule has 112 valence electrons. The standard InChI is InChI=1S/C17H23N3O/c1-4-21-14-7-5-13(6-8-14)20-16-9-10-18-11-15(16)19-17(20)12(2)3/h5-8,12,18H,4,9-11H2,1-3H3. The van der Waals surface area contributed by atoms with Gasteiger partial charge in [0.2, 0.25) is 0 Å². The minimum Gasteiger partial charge on any atom is -0.494 e. The van der Waals surface area contributed by atoms with Crippen LogP contribution in [-0.2, 0) is 13.0 Å². The van der Waals surface area contributed by atoms with E-state index in [0.717, 1.165) is 31.1 Å². The molecule has 0 spiro atoms. The number of imidazole rings is 1. The average molecular weight is 285 g/mol. The maximum absolute atomic E-state index is 5.53. The van der Waals surface area contributed by atoms with Gasteiger partial charge in [-0.25, -0.2) is 4.98 Å². The number of ether oxygens (including phenoxy) is 1. The fraction of sp³-hybridized carbons (Fsp3) is 0.471. The molecule has 0 saturated carbocycles. The predicted octanol–water partition coefficient (Wildman–Crippen LogP) is 3.04. The van der Waals surface area contributed by atoms with E-state index in [2.05, 4.69) is 35.9 Å². The van der Waals surface area contributed by atoms with Crippen molar-refractivity contribution in [3.05, 3.63) is 41.5 Å². The quantitative estimate of drug-likeness (QED) is 0.938. The maximum atomic E-state index is 5.53. The van der Waals surface area contributed by atoms with E-state index in [0.29, 0.717) is 12.5 Å². The minimum atomic E-state index is 0.405. The Morgan fingerprint density at radius 1 is 1.29 bits per heavy atom. The van der Waals surface area contributed by atoms with Crippen molar-refractivity contribution in [2.24, 2.45) is 0 Å². The summed E-state index contributed by atoms with van der Waals surface area (Å²) < 4.78 is 7.86. The van der Waals surface area contributed by atoms with Gasteiger partial charge in [-0.05, 0) is 31.2 Å². The summed E-state index contributed by atoms with van der Waals surface area (Å²) in [7, 11) is 0. The van der Waals surface area contributed by atoms with E-state index >= 15 is 0 Å².